The Hall–Kier alpha value is -3.27. The van der Waals surface area contributed by atoms with Gasteiger partial charge < -0.3 is 15.0 Å². The second-order valence-electron chi connectivity index (χ2n) is 10.7. The van der Waals surface area contributed by atoms with E-state index in [1.807, 2.05) is 51.1 Å². The molecule has 0 heterocycles. The van der Waals surface area contributed by atoms with Crippen LogP contribution in [0, 0.1) is 0 Å². The molecular weight excluding hydrogens is 585 g/mol. The number of amides is 2. The van der Waals surface area contributed by atoms with E-state index >= 15 is 0 Å². The lowest BCUT2D eigenvalue weighted by atomic mass is 10.0. The van der Waals surface area contributed by atoms with Crippen molar-refractivity contribution in [3.63, 3.8) is 0 Å². The molecule has 3 aromatic rings. The average Bonchev–Trinajstić information content (AvgIpc) is 2.89. The summed E-state index contributed by atoms with van der Waals surface area (Å²) >= 11 is 12.4. The van der Waals surface area contributed by atoms with E-state index in [4.69, 9.17) is 27.9 Å². The van der Waals surface area contributed by atoms with Gasteiger partial charge in [0.25, 0.3) is 0 Å². The molecule has 41 heavy (non-hydrogen) atoms. The highest BCUT2D eigenvalue weighted by Crippen LogP contribution is 2.30. The van der Waals surface area contributed by atoms with Crippen molar-refractivity contribution in [1.29, 1.82) is 0 Å². The minimum atomic E-state index is -3.93. The third-order valence-electron chi connectivity index (χ3n) is 6.14. The van der Waals surface area contributed by atoms with Crippen LogP contribution in [0.2, 0.25) is 10.0 Å². The lowest BCUT2D eigenvalue weighted by Gasteiger charge is -2.35. The summed E-state index contributed by atoms with van der Waals surface area (Å²) in [6.07, 6.45) is 1.23. The maximum absolute atomic E-state index is 14.1. The Balaban J connectivity index is 2.08. The molecular formula is C30H35Cl2N3O5S. The Bertz CT molecular complexity index is 1460. The first kappa shape index (κ1) is 32.2. The highest BCUT2D eigenvalue weighted by Gasteiger charge is 2.34. The van der Waals surface area contributed by atoms with Crippen LogP contribution >= 0.6 is 23.2 Å². The van der Waals surface area contributed by atoms with Crippen molar-refractivity contribution in [1.82, 2.24) is 10.2 Å². The molecule has 0 unspecified atom stereocenters. The Morgan fingerprint density at radius 3 is 2.12 bits per heavy atom. The lowest BCUT2D eigenvalue weighted by Crippen LogP contribution is -2.56. The molecule has 0 aliphatic rings. The largest absolute Gasteiger partial charge is 0.495 e. The normalized spacial score (nSPS) is 12.4. The van der Waals surface area contributed by atoms with Crippen molar-refractivity contribution in [3.05, 3.63) is 94.0 Å². The van der Waals surface area contributed by atoms with Gasteiger partial charge in [-0.25, -0.2) is 8.42 Å². The molecule has 0 saturated carbocycles. The number of benzene rings is 3. The van der Waals surface area contributed by atoms with Crippen molar-refractivity contribution in [3.8, 4) is 5.75 Å². The van der Waals surface area contributed by atoms with E-state index in [0.29, 0.717) is 10.8 Å². The number of hydrogen-bond donors (Lipinski definition) is 1. The van der Waals surface area contributed by atoms with Crippen molar-refractivity contribution in [2.75, 3.05) is 24.2 Å². The number of nitrogens with zero attached hydrogens (tertiary/aromatic N) is 2. The minimum absolute atomic E-state index is 0.0477. The summed E-state index contributed by atoms with van der Waals surface area (Å²) in [7, 11) is -2.48. The fourth-order valence-electron chi connectivity index (χ4n) is 4.22. The number of halogens is 2. The topological polar surface area (TPSA) is 96.0 Å². The quantitative estimate of drug-likeness (QED) is 0.313. The SMILES string of the molecule is COc1ccc(N(CC(=O)N(Cc2ccc(Cl)cc2)[C@H](Cc2ccccc2)C(=O)NC(C)(C)C)S(C)(=O)=O)cc1Cl. The van der Waals surface area contributed by atoms with Crippen LogP contribution in [0.3, 0.4) is 0 Å². The van der Waals surface area contributed by atoms with Gasteiger partial charge in [-0.2, -0.15) is 0 Å². The predicted molar refractivity (Wildman–Crippen MR) is 164 cm³/mol. The number of rotatable bonds is 11. The average molecular weight is 621 g/mol. The summed E-state index contributed by atoms with van der Waals surface area (Å²) in [5.41, 5.74) is 1.19. The number of methoxy groups -OCH3 is 1. The molecule has 3 rings (SSSR count). The summed E-state index contributed by atoms with van der Waals surface area (Å²) in [4.78, 5) is 29.3. The minimum Gasteiger partial charge on any atom is -0.495 e. The Kier molecular flexibility index (Phi) is 10.7. The number of carbonyl (C=O) groups excluding carboxylic acids is 2. The highest BCUT2D eigenvalue weighted by molar-refractivity contribution is 7.92. The fraction of sp³-hybridized carbons (Fsp3) is 0.333. The van der Waals surface area contributed by atoms with Gasteiger partial charge in [0.05, 0.1) is 24.1 Å². The predicted octanol–water partition coefficient (Wildman–Crippen LogP) is 5.32. The van der Waals surface area contributed by atoms with E-state index in [2.05, 4.69) is 5.32 Å². The summed E-state index contributed by atoms with van der Waals surface area (Å²) in [5.74, 6) is -0.564. The standard InChI is InChI=1S/C30H35Cl2N3O5S/c1-30(2,3)33-29(37)26(17-21-9-7-6-8-10-21)34(19-22-11-13-23(31)14-12-22)28(36)20-35(41(5,38)39)24-15-16-27(40-4)25(32)18-24/h6-16,18,26H,17,19-20H2,1-5H3,(H,33,37)/t26-/m1/s1. The third-order valence-corrected chi connectivity index (χ3v) is 7.83. The second kappa shape index (κ2) is 13.6. The van der Waals surface area contributed by atoms with Gasteiger partial charge in [-0.1, -0.05) is 65.7 Å². The van der Waals surface area contributed by atoms with Gasteiger partial charge in [-0.3, -0.25) is 13.9 Å². The maximum atomic E-state index is 14.1. The molecule has 220 valence electrons. The molecule has 1 N–H and O–H groups in total. The number of anilines is 1. The van der Waals surface area contributed by atoms with Crippen LogP contribution in [0.15, 0.2) is 72.8 Å². The van der Waals surface area contributed by atoms with Gasteiger partial charge in [0, 0.05) is 23.5 Å². The van der Waals surface area contributed by atoms with Crippen molar-refractivity contribution in [2.24, 2.45) is 0 Å². The lowest BCUT2D eigenvalue weighted by molar-refractivity contribution is -0.140. The van der Waals surface area contributed by atoms with Gasteiger partial charge in [0.15, 0.2) is 0 Å². The van der Waals surface area contributed by atoms with Gasteiger partial charge in [-0.15, -0.1) is 0 Å². The Morgan fingerprint density at radius 1 is 0.951 bits per heavy atom. The van der Waals surface area contributed by atoms with Crippen LogP contribution < -0.4 is 14.4 Å². The Labute approximate surface area is 252 Å². The number of nitrogens with one attached hydrogen (secondary N) is 1. The zero-order chi connectivity index (χ0) is 30.4. The molecule has 0 fully saturated rings. The number of hydrogen-bond acceptors (Lipinski definition) is 5. The summed E-state index contributed by atoms with van der Waals surface area (Å²) in [6, 6.07) is 19.8. The molecule has 0 saturated heterocycles. The number of sulfonamides is 1. The van der Waals surface area contributed by atoms with Crippen LogP contribution in [0.1, 0.15) is 31.9 Å². The van der Waals surface area contributed by atoms with E-state index in [9.17, 15) is 18.0 Å². The zero-order valence-corrected chi connectivity index (χ0v) is 26.1. The molecule has 11 heteroatoms. The molecule has 0 aliphatic heterocycles. The van der Waals surface area contributed by atoms with Gasteiger partial charge in [-0.05, 0) is 62.2 Å². The molecule has 0 aliphatic carbocycles. The van der Waals surface area contributed by atoms with Crippen LogP contribution in [0.25, 0.3) is 0 Å². The fourth-order valence-corrected chi connectivity index (χ4v) is 5.44. The first-order valence-corrected chi connectivity index (χ1v) is 15.5. The smallest absolute Gasteiger partial charge is 0.244 e. The first-order valence-electron chi connectivity index (χ1n) is 12.9. The molecule has 0 spiro atoms. The van der Waals surface area contributed by atoms with E-state index < -0.39 is 34.1 Å². The van der Waals surface area contributed by atoms with Gasteiger partial charge >= 0.3 is 0 Å². The zero-order valence-electron chi connectivity index (χ0n) is 23.7. The molecule has 3 aromatic carbocycles. The molecule has 8 nitrogen and oxygen atoms in total. The molecule has 2 amide bonds. The van der Waals surface area contributed by atoms with Gasteiger partial charge in [0.1, 0.15) is 18.3 Å². The van der Waals surface area contributed by atoms with E-state index in [-0.39, 0.29) is 29.6 Å². The van der Waals surface area contributed by atoms with Crippen LogP contribution in [0.5, 0.6) is 5.75 Å². The molecule has 0 bridgehead atoms. The highest BCUT2D eigenvalue weighted by atomic mass is 35.5. The molecule has 1 atom stereocenters. The van der Waals surface area contributed by atoms with Crippen molar-refractivity contribution < 1.29 is 22.7 Å². The summed E-state index contributed by atoms with van der Waals surface area (Å²) < 4.78 is 32.0. The number of carbonyl (C=O) groups is 2. The van der Waals surface area contributed by atoms with Crippen LogP contribution in [0.4, 0.5) is 5.69 Å². The summed E-state index contributed by atoms with van der Waals surface area (Å²) in [5, 5.41) is 3.70. The van der Waals surface area contributed by atoms with Gasteiger partial charge in [0.2, 0.25) is 21.8 Å². The van der Waals surface area contributed by atoms with Crippen LogP contribution in [-0.2, 0) is 32.6 Å². The third kappa shape index (κ3) is 9.38. The first-order chi connectivity index (χ1) is 19.2. The van der Waals surface area contributed by atoms with E-state index in [1.165, 1.54) is 30.2 Å². The monoisotopic (exact) mass is 619 g/mol. The second-order valence-corrected chi connectivity index (χ2v) is 13.4. The van der Waals surface area contributed by atoms with Crippen molar-refractivity contribution in [2.45, 2.75) is 45.3 Å². The maximum Gasteiger partial charge on any atom is 0.244 e. The van der Waals surface area contributed by atoms with E-state index in [0.717, 1.165) is 21.7 Å². The molecule has 0 aromatic heterocycles. The molecule has 0 radical (unpaired) electrons. The summed E-state index contributed by atoms with van der Waals surface area (Å²) in [6.45, 7) is 5.06. The number of ether oxygens (including phenoxy) is 1. The van der Waals surface area contributed by atoms with E-state index in [1.54, 1.807) is 24.3 Å². The Morgan fingerprint density at radius 2 is 1.59 bits per heavy atom. The van der Waals surface area contributed by atoms with Crippen molar-refractivity contribution >= 4 is 50.7 Å². The van der Waals surface area contributed by atoms with Crippen LogP contribution in [-0.4, -0.2) is 56.6 Å².